The van der Waals surface area contributed by atoms with Gasteiger partial charge in [0.2, 0.25) is 0 Å². The number of anilines is 3. The minimum Gasteiger partial charge on any atom is -0.384 e. The molecule has 3 aromatic heterocycles. The second-order valence-electron chi connectivity index (χ2n) is 5.94. The summed E-state index contributed by atoms with van der Waals surface area (Å²) in [7, 11) is 0. The lowest BCUT2D eigenvalue weighted by atomic mass is 10.1. The number of aromatic amines is 1. The molecule has 0 saturated heterocycles. The van der Waals surface area contributed by atoms with E-state index >= 15 is 0 Å². The van der Waals surface area contributed by atoms with Crippen LogP contribution < -0.4 is 11.1 Å². The van der Waals surface area contributed by atoms with E-state index in [0.717, 1.165) is 27.9 Å². The summed E-state index contributed by atoms with van der Waals surface area (Å²) >= 11 is 5.86. The van der Waals surface area contributed by atoms with Gasteiger partial charge in [-0.1, -0.05) is 11.6 Å². The summed E-state index contributed by atoms with van der Waals surface area (Å²) in [6, 6.07) is 10.2. The Morgan fingerprint density at radius 3 is 2.69 bits per heavy atom. The fourth-order valence-electron chi connectivity index (χ4n) is 2.90. The second-order valence-corrected chi connectivity index (χ2v) is 6.34. The minimum atomic E-state index is -0.469. The van der Waals surface area contributed by atoms with Gasteiger partial charge in [-0.05, 0) is 43.3 Å². The van der Waals surface area contributed by atoms with Gasteiger partial charge in [0.25, 0.3) is 0 Å². The minimum absolute atomic E-state index is 0.0445. The lowest BCUT2D eigenvalue weighted by Crippen LogP contribution is -1.94. The van der Waals surface area contributed by atoms with Crippen LogP contribution in [0.2, 0.25) is 5.02 Å². The van der Waals surface area contributed by atoms with E-state index < -0.39 is 5.82 Å². The number of halogens is 2. The first-order chi connectivity index (χ1) is 12.5. The first kappa shape index (κ1) is 16.4. The zero-order valence-corrected chi connectivity index (χ0v) is 14.6. The number of nitrogens with zero attached hydrogens (tertiary/aromatic N) is 2. The van der Waals surface area contributed by atoms with Crippen molar-refractivity contribution in [2.45, 2.75) is 6.92 Å². The van der Waals surface area contributed by atoms with Crippen molar-refractivity contribution in [1.82, 2.24) is 15.0 Å². The maximum atomic E-state index is 13.4. The van der Waals surface area contributed by atoms with Gasteiger partial charge >= 0.3 is 0 Å². The molecular formula is C19H15ClFN5. The number of nitrogen functional groups attached to an aromatic ring is 1. The van der Waals surface area contributed by atoms with Crippen LogP contribution in [-0.2, 0) is 0 Å². The number of H-pyrrole nitrogens is 1. The Morgan fingerprint density at radius 2 is 1.92 bits per heavy atom. The Balaban J connectivity index is 1.83. The highest BCUT2D eigenvalue weighted by molar-refractivity contribution is 6.31. The topological polar surface area (TPSA) is 79.6 Å². The largest absolute Gasteiger partial charge is 0.384 e. The molecule has 0 bridgehead atoms. The van der Waals surface area contributed by atoms with Gasteiger partial charge in [0.15, 0.2) is 0 Å². The average molecular weight is 368 g/mol. The zero-order valence-electron chi connectivity index (χ0n) is 13.8. The molecule has 1 aromatic carbocycles. The molecule has 0 unspecified atom stereocenters. The molecule has 0 fully saturated rings. The molecule has 0 radical (unpaired) electrons. The van der Waals surface area contributed by atoms with Crippen LogP contribution in [0.1, 0.15) is 5.69 Å². The third-order valence-electron chi connectivity index (χ3n) is 4.11. The number of fused-ring (bicyclic) bond motifs is 1. The predicted molar refractivity (Wildman–Crippen MR) is 103 cm³/mol. The molecule has 0 aliphatic heterocycles. The summed E-state index contributed by atoms with van der Waals surface area (Å²) in [5, 5.41) is 4.13. The van der Waals surface area contributed by atoms with Crippen molar-refractivity contribution in [2.24, 2.45) is 0 Å². The fourth-order valence-corrected chi connectivity index (χ4v) is 3.08. The molecule has 0 spiro atoms. The molecule has 7 heteroatoms. The highest BCUT2D eigenvalue weighted by Gasteiger charge is 2.15. The van der Waals surface area contributed by atoms with Gasteiger partial charge in [-0.15, -0.1) is 0 Å². The summed E-state index contributed by atoms with van der Waals surface area (Å²) in [4.78, 5) is 11.9. The fraction of sp³-hybridized carbons (Fsp3) is 0.0526. The molecule has 130 valence electrons. The first-order valence-electron chi connectivity index (χ1n) is 7.94. The summed E-state index contributed by atoms with van der Waals surface area (Å²) in [6.45, 7) is 1.93. The van der Waals surface area contributed by atoms with Crippen LogP contribution in [0.25, 0.3) is 22.2 Å². The standard InChI is InChI=1S/C19H15ClFN5/c1-10-8-11(4-6-23-10)16-17-13(5-7-24-16)18(19(22)26-17)25-12-2-3-15(21)14(20)9-12/h2-9,25-26H,22H2,1H3. The molecule has 26 heavy (non-hydrogen) atoms. The Hall–Kier alpha value is -3.12. The van der Waals surface area contributed by atoms with Crippen molar-refractivity contribution in [3.05, 3.63) is 65.3 Å². The third-order valence-corrected chi connectivity index (χ3v) is 4.40. The normalized spacial score (nSPS) is 11.0. The van der Waals surface area contributed by atoms with Gasteiger partial charge in [-0.2, -0.15) is 0 Å². The number of hydrogen-bond acceptors (Lipinski definition) is 4. The van der Waals surface area contributed by atoms with Crippen molar-refractivity contribution in [2.75, 3.05) is 11.1 Å². The van der Waals surface area contributed by atoms with Gasteiger partial charge in [0.05, 0.1) is 21.9 Å². The van der Waals surface area contributed by atoms with Crippen molar-refractivity contribution >= 4 is 39.7 Å². The van der Waals surface area contributed by atoms with Crippen molar-refractivity contribution in [1.29, 1.82) is 0 Å². The Kier molecular flexibility index (Phi) is 3.97. The van der Waals surface area contributed by atoms with E-state index in [1.54, 1.807) is 18.5 Å². The SMILES string of the molecule is Cc1cc(-c2nccc3c(Nc4ccc(F)c(Cl)c4)c(N)[nH]c23)ccn1. The van der Waals surface area contributed by atoms with Gasteiger partial charge < -0.3 is 16.0 Å². The maximum Gasteiger partial charge on any atom is 0.141 e. The van der Waals surface area contributed by atoms with E-state index in [1.807, 2.05) is 25.1 Å². The van der Waals surface area contributed by atoms with Crippen LogP contribution in [-0.4, -0.2) is 15.0 Å². The van der Waals surface area contributed by atoms with Gasteiger partial charge in [0.1, 0.15) is 11.6 Å². The molecule has 0 amide bonds. The van der Waals surface area contributed by atoms with E-state index in [4.69, 9.17) is 17.3 Å². The van der Waals surface area contributed by atoms with Gasteiger partial charge in [0, 0.05) is 34.7 Å². The number of rotatable bonds is 3. The van der Waals surface area contributed by atoms with Gasteiger partial charge in [-0.25, -0.2) is 4.39 Å². The van der Waals surface area contributed by atoms with Crippen molar-refractivity contribution < 1.29 is 4.39 Å². The molecule has 4 rings (SSSR count). The predicted octanol–water partition coefficient (Wildman–Crippen LogP) is 5.05. The highest BCUT2D eigenvalue weighted by Crippen LogP contribution is 2.36. The number of benzene rings is 1. The van der Waals surface area contributed by atoms with Gasteiger partial charge in [-0.3, -0.25) is 9.97 Å². The molecule has 3 heterocycles. The Bertz CT molecular complexity index is 1120. The lowest BCUT2D eigenvalue weighted by Gasteiger charge is -2.08. The van der Waals surface area contributed by atoms with Crippen LogP contribution in [0, 0.1) is 12.7 Å². The molecule has 0 atom stereocenters. The molecule has 4 aromatic rings. The molecular weight excluding hydrogens is 353 g/mol. The lowest BCUT2D eigenvalue weighted by molar-refractivity contribution is 0.628. The van der Waals surface area contributed by atoms with E-state index in [9.17, 15) is 4.39 Å². The summed E-state index contributed by atoms with van der Waals surface area (Å²) in [5.74, 6) is -0.0101. The molecule has 4 N–H and O–H groups in total. The van der Waals surface area contributed by atoms with E-state index in [-0.39, 0.29) is 5.02 Å². The zero-order chi connectivity index (χ0) is 18.3. The quantitative estimate of drug-likeness (QED) is 0.473. The Labute approximate surface area is 154 Å². The first-order valence-corrected chi connectivity index (χ1v) is 8.32. The number of pyridine rings is 2. The summed E-state index contributed by atoms with van der Waals surface area (Å²) < 4.78 is 13.4. The van der Waals surface area contributed by atoms with E-state index in [2.05, 4.69) is 20.3 Å². The monoisotopic (exact) mass is 367 g/mol. The molecule has 0 aliphatic carbocycles. The van der Waals surface area contributed by atoms with Crippen molar-refractivity contribution in [3.8, 4) is 11.3 Å². The number of aromatic nitrogens is 3. The number of nitrogens with one attached hydrogen (secondary N) is 2. The van der Waals surface area contributed by atoms with Crippen molar-refractivity contribution in [3.63, 3.8) is 0 Å². The van der Waals surface area contributed by atoms with Crippen LogP contribution >= 0.6 is 11.6 Å². The highest BCUT2D eigenvalue weighted by atomic mass is 35.5. The van der Waals surface area contributed by atoms with Crippen LogP contribution in [0.15, 0.2) is 48.8 Å². The Morgan fingerprint density at radius 1 is 1.12 bits per heavy atom. The molecule has 0 aliphatic rings. The number of aryl methyl sites for hydroxylation is 1. The average Bonchev–Trinajstić information content (AvgIpc) is 2.94. The van der Waals surface area contributed by atoms with Crippen LogP contribution in [0.4, 0.5) is 21.6 Å². The maximum absolute atomic E-state index is 13.4. The molecule has 5 nitrogen and oxygen atoms in total. The second kappa shape index (κ2) is 6.31. The van der Waals surface area contributed by atoms with E-state index in [1.165, 1.54) is 12.1 Å². The summed E-state index contributed by atoms with van der Waals surface area (Å²) in [5.41, 5.74) is 11.0. The summed E-state index contributed by atoms with van der Waals surface area (Å²) in [6.07, 6.45) is 3.47. The number of hydrogen-bond donors (Lipinski definition) is 3. The van der Waals surface area contributed by atoms with Crippen LogP contribution in [0.3, 0.4) is 0 Å². The third kappa shape index (κ3) is 2.84. The number of nitrogens with two attached hydrogens (primary N) is 1. The molecule has 0 saturated carbocycles. The smallest absolute Gasteiger partial charge is 0.141 e. The van der Waals surface area contributed by atoms with E-state index in [0.29, 0.717) is 17.2 Å². The van der Waals surface area contributed by atoms with Crippen LogP contribution in [0.5, 0.6) is 0 Å².